The van der Waals surface area contributed by atoms with Crippen LogP contribution in [0.3, 0.4) is 0 Å². The van der Waals surface area contributed by atoms with Gasteiger partial charge in [-0.1, -0.05) is 13.8 Å². The second-order valence-electron chi connectivity index (χ2n) is 7.04. The Kier molecular flexibility index (Phi) is 4.20. The lowest BCUT2D eigenvalue weighted by Gasteiger charge is -2.49. The Morgan fingerprint density at radius 1 is 1.42 bits per heavy atom. The van der Waals surface area contributed by atoms with Crippen molar-refractivity contribution in [2.75, 3.05) is 31.7 Å². The molecule has 7 nitrogen and oxygen atoms in total. The number of aromatic nitrogens is 2. The third-order valence-corrected chi connectivity index (χ3v) is 4.71. The molecule has 7 heteroatoms. The summed E-state index contributed by atoms with van der Waals surface area (Å²) in [6.07, 6.45) is 5.11. The van der Waals surface area contributed by atoms with Crippen molar-refractivity contribution in [3.05, 3.63) is 24.0 Å². The van der Waals surface area contributed by atoms with Crippen LogP contribution in [0.25, 0.3) is 0 Å². The number of ether oxygens (including phenoxy) is 2. The van der Waals surface area contributed by atoms with Crippen molar-refractivity contribution in [3.63, 3.8) is 0 Å². The van der Waals surface area contributed by atoms with Gasteiger partial charge in [0, 0.05) is 6.54 Å². The van der Waals surface area contributed by atoms with Gasteiger partial charge < -0.3 is 19.5 Å². The summed E-state index contributed by atoms with van der Waals surface area (Å²) in [5.74, 6) is 0. The largest absolute Gasteiger partial charge is 0.467 e. The summed E-state index contributed by atoms with van der Waals surface area (Å²) in [7, 11) is 1.53. The molecule has 1 spiro atoms. The fraction of sp³-hybridized carbons (Fsp3) is 0.588. The van der Waals surface area contributed by atoms with E-state index in [4.69, 9.17) is 9.47 Å². The molecule has 1 aromatic heterocycles. The van der Waals surface area contributed by atoms with E-state index in [1.165, 1.54) is 7.11 Å². The van der Waals surface area contributed by atoms with Gasteiger partial charge in [-0.3, -0.25) is 0 Å². The molecule has 2 atom stereocenters. The number of methoxy groups -OCH3 is 1. The Hall–Kier alpha value is -2.17. The van der Waals surface area contributed by atoms with Gasteiger partial charge in [-0.15, -0.1) is 0 Å². The van der Waals surface area contributed by atoms with Gasteiger partial charge in [-0.25, -0.2) is 9.97 Å². The van der Waals surface area contributed by atoms with Gasteiger partial charge >= 0.3 is 6.01 Å². The highest BCUT2D eigenvalue weighted by molar-refractivity contribution is 5.45. The number of aliphatic hydroxyl groups is 1. The molecule has 1 saturated heterocycles. The second kappa shape index (κ2) is 6.04. The molecule has 24 heavy (non-hydrogen) atoms. The van der Waals surface area contributed by atoms with E-state index in [1.807, 2.05) is 13.8 Å². The van der Waals surface area contributed by atoms with Gasteiger partial charge in [0.15, 0.2) is 0 Å². The molecule has 0 saturated carbocycles. The number of morpholine rings is 1. The van der Waals surface area contributed by atoms with Gasteiger partial charge in [0.05, 0.1) is 56.1 Å². The number of hydrogen-bond acceptors (Lipinski definition) is 7. The van der Waals surface area contributed by atoms with Gasteiger partial charge in [0.2, 0.25) is 0 Å². The Bertz CT molecular complexity index is 680. The van der Waals surface area contributed by atoms with Gasteiger partial charge in [-0.05, 0) is 17.9 Å². The third-order valence-electron chi connectivity index (χ3n) is 4.71. The average Bonchev–Trinajstić information content (AvgIpc) is 2.58. The zero-order valence-electron chi connectivity index (χ0n) is 14.2. The first-order valence-electron chi connectivity index (χ1n) is 7.95. The Balaban J connectivity index is 1.89. The Morgan fingerprint density at radius 2 is 2.12 bits per heavy atom. The van der Waals surface area contributed by atoms with Crippen LogP contribution in [0.4, 0.5) is 5.69 Å². The summed E-state index contributed by atoms with van der Waals surface area (Å²) in [6, 6.07) is 2.45. The van der Waals surface area contributed by atoms with Crippen LogP contribution in [-0.2, 0) is 4.74 Å². The van der Waals surface area contributed by atoms with Crippen LogP contribution >= 0.6 is 0 Å². The van der Waals surface area contributed by atoms with E-state index in [-0.39, 0.29) is 0 Å². The minimum Gasteiger partial charge on any atom is -0.467 e. The minimum atomic E-state index is -0.767. The summed E-state index contributed by atoms with van der Waals surface area (Å²) in [5.41, 5.74) is 0.235. The van der Waals surface area contributed by atoms with Crippen molar-refractivity contribution in [2.24, 2.45) is 5.41 Å². The molecule has 2 heterocycles. The van der Waals surface area contributed by atoms with Crippen LogP contribution in [0, 0.1) is 16.7 Å². The van der Waals surface area contributed by atoms with Crippen molar-refractivity contribution in [3.8, 4) is 12.1 Å². The first-order valence-corrected chi connectivity index (χ1v) is 7.95. The van der Waals surface area contributed by atoms with Crippen molar-refractivity contribution < 1.29 is 14.6 Å². The lowest BCUT2D eigenvalue weighted by molar-refractivity contribution is -0.0764. The molecule has 0 bridgehead atoms. The van der Waals surface area contributed by atoms with Crippen molar-refractivity contribution in [2.45, 2.75) is 32.0 Å². The number of nitriles is 1. The number of anilines is 1. The summed E-state index contributed by atoms with van der Waals surface area (Å²) >= 11 is 0. The van der Waals surface area contributed by atoms with E-state index >= 15 is 0 Å². The number of aliphatic hydroxyl groups excluding tert-OH is 1. The van der Waals surface area contributed by atoms with E-state index in [0.29, 0.717) is 31.2 Å². The van der Waals surface area contributed by atoms with Crippen LogP contribution in [0.1, 0.15) is 20.3 Å². The minimum absolute atomic E-state index is 0.329. The predicted molar refractivity (Wildman–Crippen MR) is 87.6 cm³/mol. The van der Waals surface area contributed by atoms with Crippen molar-refractivity contribution in [1.82, 2.24) is 9.97 Å². The lowest BCUT2D eigenvalue weighted by atomic mass is 9.68. The first-order chi connectivity index (χ1) is 11.4. The van der Waals surface area contributed by atoms with Crippen molar-refractivity contribution >= 4 is 5.69 Å². The summed E-state index contributed by atoms with van der Waals surface area (Å²) in [5, 5.41) is 19.7. The quantitative estimate of drug-likeness (QED) is 0.874. The third kappa shape index (κ3) is 2.95. The molecule has 1 aliphatic heterocycles. The van der Waals surface area contributed by atoms with Crippen LogP contribution in [0.5, 0.6) is 6.01 Å². The van der Waals surface area contributed by atoms with Gasteiger partial charge in [0.25, 0.3) is 0 Å². The molecule has 1 aliphatic carbocycles. The molecule has 0 aromatic carbocycles. The molecule has 0 amide bonds. The van der Waals surface area contributed by atoms with Crippen molar-refractivity contribution in [1.29, 1.82) is 5.26 Å². The monoisotopic (exact) mass is 330 g/mol. The summed E-state index contributed by atoms with van der Waals surface area (Å²) in [4.78, 5) is 10.4. The zero-order chi connectivity index (χ0) is 17.4. The van der Waals surface area contributed by atoms with Gasteiger partial charge in [0.1, 0.15) is 5.60 Å². The van der Waals surface area contributed by atoms with Crippen LogP contribution in [0.2, 0.25) is 0 Å². The normalized spacial score (nSPS) is 29.0. The van der Waals surface area contributed by atoms with E-state index in [2.05, 4.69) is 20.9 Å². The molecular weight excluding hydrogens is 308 g/mol. The molecule has 2 aliphatic rings. The predicted octanol–water partition coefficient (Wildman–Crippen LogP) is 1.30. The Morgan fingerprint density at radius 3 is 2.75 bits per heavy atom. The first kappa shape index (κ1) is 16.7. The van der Waals surface area contributed by atoms with E-state index in [9.17, 15) is 10.4 Å². The fourth-order valence-corrected chi connectivity index (χ4v) is 3.60. The van der Waals surface area contributed by atoms with Crippen LogP contribution < -0.4 is 9.64 Å². The molecule has 1 aromatic rings. The topological polar surface area (TPSA) is 91.5 Å². The fourth-order valence-electron chi connectivity index (χ4n) is 3.60. The summed E-state index contributed by atoms with van der Waals surface area (Å²) in [6.45, 7) is 5.76. The van der Waals surface area contributed by atoms with E-state index in [0.717, 1.165) is 12.2 Å². The second-order valence-corrected chi connectivity index (χ2v) is 7.04. The maximum absolute atomic E-state index is 10.4. The zero-order valence-corrected chi connectivity index (χ0v) is 14.2. The SMILES string of the molecule is COc1ncc(N2CCOC3(C=C(C#N)C(O)C(C)(C)C3)C2)cn1. The molecule has 3 rings (SSSR count). The maximum atomic E-state index is 10.4. The molecule has 0 radical (unpaired) electrons. The highest BCUT2D eigenvalue weighted by atomic mass is 16.5. The number of nitrogens with zero attached hydrogens (tertiary/aromatic N) is 4. The molecule has 2 unspecified atom stereocenters. The maximum Gasteiger partial charge on any atom is 0.316 e. The van der Waals surface area contributed by atoms with Crippen LogP contribution in [0.15, 0.2) is 24.0 Å². The molecule has 128 valence electrons. The highest BCUT2D eigenvalue weighted by Crippen LogP contribution is 2.43. The highest BCUT2D eigenvalue weighted by Gasteiger charge is 2.48. The van der Waals surface area contributed by atoms with Crippen LogP contribution in [-0.4, -0.2) is 53.6 Å². The molecule has 1 N–H and O–H groups in total. The summed E-state index contributed by atoms with van der Waals surface area (Å²) < 4.78 is 11.1. The smallest absolute Gasteiger partial charge is 0.316 e. The number of rotatable bonds is 2. The molecular formula is C17H22N4O3. The number of hydrogen-bond donors (Lipinski definition) is 1. The Labute approximate surface area is 141 Å². The van der Waals surface area contributed by atoms with E-state index in [1.54, 1.807) is 18.5 Å². The van der Waals surface area contributed by atoms with Gasteiger partial charge in [-0.2, -0.15) is 5.26 Å². The average molecular weight is 330 g/mol. The lowest BCUT2D eigenvalue weighted by Crippen LogP contribution is -2.56. The standard InChI is InChI=1S/C17H22N4O3/c1-16(2)10-17(6-12(7-18)14(16)22)11-21(4-5-24-17)13-8-19-15(23-3)20-9-13/h6,8-9,14,22H,4-5,10-11H2,1-3H3. The van der Waals surface area contributed by atoms with E-state index < -0.39 is 17.1 Å². The molecule has 1 fully saturated rings.